The molecule has 1 fully saturated rings. The first-order chi connectivity index (χ1) is 4.75. The molecular weight excluding hydrogens is 132 g/mol. The molecule has 4 heteroatoms. The third-order valence-corrected chi connectivity index (χ3v) is 1.91. The van der Waals surface area contributed by atoms with E-state index in [4.69, 9.17) is 10.8 Å². The molecule has 1 rings (SSSR count). The van der Waals surface area contributed by atoms with E-state index in [2.05, 4.69) is 5.32 Å². The van der Waals surface area contributed by atoms with E-state index < -0.39 is 0 Å². The molecule has 0 spiro atoms. The summed E-state index contributed by atoms with van der Waals surface area (Å²) < 4.78 is 0. The summed E-state index contributed by atoms with van der Waals surface area (Å²) in [5.41, 5.74) is 5.07. The number of aliphatic hydroxyl groups is 1. The van der Waals surface area contributed by atoms with Gasteiger partial charge in [0.15, 0.2) is 0 Å². The number of hydrogen-bond donors (Lipinski definition) is 3. The first kappa shape index (κ1) is 7.50. The molecule has 4 nitrogen and oxygen atoms in total. The number of amides is 1. The molecule has 1 saturated heterocycles. The molecule has 0 saturated carbocycles. The maximum absolute atomic E-state index is 10.6. The van der Waals surface area contributed by atoms with Crippen LogP contribution in [0.1, 0.15) is 6.42 Å². The van der Waals surface area contributed by atoms with E-state index in [0.717, 1.165) is 13.0 Å². The molecule has 1 aliphatic rings. The van der Waals surface area contributed by atoms with Gasteiger partial charge in [0.1, 0.15) is 0 Å². The Morgan fingerprint density at radius 2 is 2.50 bits per heavy atom. The summed E-state index contributed by atoms with van der Waals surface area (Å²) in [6.45, 7) is 0.770. The Morgan fingerprint density at radius 1 is 1.80 bits per heavy atom. The molecule has 0 unspecified atom stereocenters. The number of aliphatic hydroxyl groups excluding tert-OH is 1. The molecule has 2 atom stereocenters. The number of carbonyl (C=O) groups is 1. The third-order valence-electron chi connectivity index (χ3n) is 1.91. The zero-order valence-electron chi connectivity index (χ0n) is 5.71. The zero-order valence-corrected chi connectivity index (χ0v) is 5.71. The summed E-state index contributed by atoms with van der Waals surface area (Å²) in [6, 6.07) is -0.113. The van der Waals surface area contributed by atoms with Gasteiger partial charge in [0, 0.05) is 6.04 Å². The predicted molar refractivity (Wildman–Crippen MR) is 36.2 cm³/mol. The molecule has 4 N–H and O–H groups in total. The smallest absolute Gasteiger partial charge is 0.222 e. The third kappa shape index (κ3) is 1.27. The lowest BCUT2D eigenvalue weighted by Gasteiger charge is -2.12. The number of nitrogens with one attached hydrogen (secondary N) is 1. The Balaban J connectivity index is 2.50. The van der Waals surface area contributed by atoms with Crippen LogP contribution in [0.2, 0.25) is 0 Å². The lowest BCUT2D eigenvalue weighted by molar-refractivity contribution is -0.122. The summed E-state index contributed by atoms with van der Waals surface area (Å²) >= 11 is 0. The summed E-state index contributed by atoms with van der Waals surface area (Å²) in [6.07, 6.45) is 0.751. The lowest BCUT2D eigenvalue weighted by atomic mass is 10.0. The van der Waals surface area contributed by atoms with Crippen molar-refractivity contribution in [3.8, 4) is 0 Å². The van der Waals surface area contributed by atoms with E-state index in [-0.39, 0.29) is 24.5 Å². The van der Waals surface area contributed by atoms with Gasteiger partial charge >= 0.3 is 0 Å². The van der Waals surface area contributed by atoms with Crippen molar-refractivity contribution in [1.29, 1.82) is 0 Å². The van der Waals surface area contributed by atoms with Crippen molar-refractivity contribution in [1.82, 2.24) is 5.32 Å². The summed E-state index contributed by atoms with van der Waals surface area (Å²) in [5.74, 6) is -0.492. The van der Waals surface area contributed by atoms with Gasteiger partial charge in [0.25, 0.3) is 0 Å². The van der Waals surface area contributed by atoms with Crippen LogP contribution in [0.15, 0.2) is 0 Å². The van der Waals surface area contributed by atoms with E-state index in [1.165, 1.54) is 0 Å². The van der Waals surface area contributed by atoms with E-state index >= 15 is 0 Å². The van der Waals surface area contributed by atoms with Gasteiger partial charge in [-0.05, 0) is 13.0 Å². The molecule has 0 aromatic heterocycles. The van der Waals surface area contributed by atoms with Crippen LogP contribution >= 0.6 is 0 Å². The van der Waals surface area contributed by atoms with Crippen LogP contribution in [-0.2, 0) is 4.79 Å². The highest BCUT2D eigenvalue weighted by Crippen LogP contribution is 2.13. The number of primary amides is 1. The zero-order chi connectivity index (χ0) is 7.56. The molecule has 0 bridgehead atoms. The van der Waals surface area contributed by atoms with Crippen molar-refractivity contribution in [2.24, 2.45) is 11.7 Å². The average Bonchev–Trinajstić information content (AvgIpc) is 2.33. The Morgan fingerprint density at radius 3 is 2.90 bits per heavy atom. The first-order valence-corrected chi connectivity index (χ1v) is 3.39. The van der Waals surface area contributed by atoms with E-state index in [1.54, 1.807) is 0 Å². The van der Waals surface area contributed by atoms with Gasteiger partial charge in [-0.25, -0.2) is 0 Å². The van der Waals surface area contributed by atoms with Crippen LogP contribution in [0.5, 0.6) is 0 Å². The standard InChI is InChI=1S/C6H12N2O2/c7-6(10)4-1-2-8-5(4)3-9/h4-5,8-9H,1-3H2,(H2,7,10)/t4-,5-/m0/s1. The molecular formula is C6H12N2O2. The minimum atomic E-state index is -0.316. The van der Waals surface area contributed by atoms with Crippen molar-refractivity contribution in [3.63, 3.8) is 0 Å². The molecule has 1 aliphatic heterocycles. The maximum atomic E-state index is 10.6. The average molecular weight is 144 g/mol. The number of carbonyl (C=O) groups excluding carboxylic acids is 1. The Kier molecular flexibility index (Phi) is 2.24. The van der Waals surface area contributed by atoms with Crippen molar-refractivity contribution < 1.29 is 9.90 Å². The van der Waals surface area contributed by atoms with Crippen molar-refractivity contribution in [3.05, 3.63) is 0 Å². The Hall–Kier alpha value is -0.610. The lowest BCUT2D eigenvalue weighted by Crippen LogP contribution is -2.37. The van der Waals surface area contributed by atoms with Crippen molar-refractivity contribution in [2.75, 3.05) is 13.2 Å². The molecule has 0 radical (unpaired) electrons. The highest BCUT2D eigenvalue weighted by Gasteiger charge is 2.30. The Bertz CT molecular complexity index is 138. The maximum Gasteiger partial charge on any atom is 0.222 e. The monoisotopic (exact) mass is 144 g/mol. The fraction of sp³-hybridized carbons (Fsp3) is 0.833. The molecule has 0 aromatic rings. The predicted octanol–water partition coefficient (Wildman–Crippen LogP) is -1.56. The van der Waals surface area contributed by atoms with Crippen LogP contribution in [0, 0.1) is 5.92 Å². The topological polar surface area (TPSA) is 75.4 Å². The van der Waals surface area contributed by atoms with E-state index in [0.29, 0.717) is 0 Å². The normalized spacial score (nSPS) is 32.5. The van der Waals surface area contributed by atoms with Crippen LogP contribution in [0.25, 0.3) is 0 Å². The summed E-state index contributed by atoms with van der Waals surface area (Å²) in [4.78, 5) is 10.6. The van der Waals surface area contributed by atoms with Crippen LogP contribution in [0.4, 0.5) is 0 Å². The highest BCUT2D eigenvalue weighted by atomic mass is 16.3. The second-order valence-electron chi connectivity index (χ2n) is 2.54. The molecule has 58 valence electrons. The molecule has 1 amide bonds. The fourth-order valence-corrected chi connectivity index (χ4v) is 1.30. The highest BCUT2D eigenvalue weighted by molar-refractivity contribution is 5.77. The molecule has 1 heterocycles. The molecule has 10 heavy (non-hydrogen) atoms. The van der Waals surface area contributed by atoms with E-state index in [9.17, 15) is 4.79 Å². The van der Waals surface area contributed by atoms with Crippen molar-refractivity contribution >= 4 is 5.91 Å². The van der Waals surface area contributed by atoms with Crippen LogP contribution in [0.3, 0.4) is 0 Å². The summed E-state index contributed by atoms with van der Waals surface area (Å²) in [7, 11) is 0. The van der Waals surface area contributed by atoms with Crippen LogP contribution < -0.4 is 11.1 Å². The largest absolute Gasteiger partial charge is 0.395 e. The quantitative estimate of drug-likeness (QED) is 0.439. The van der Waals surface area contributed by atoms with Gasteiger partial charge in [0.05, 0.1) is 12.5 Å². The number of rotatable bonds is 2. The molecule has 0 aromatic carbocycles. The number of nitrogens with two attached hydrogens (primary N) is 1. The fourth-order valence-electron chi connectivity index (χ4n) is 1.30. The van der Waals surface area contributed by atoms with Crippen LogP contribution in [-0.4, -0.2) is 30.2 Å². The summed E-state index contributed by atoms with van der Waals surface area (Å²) in [5, 5.41) is 11.7. The van der Waals surface area contributed by atoms with Gasteiger partial charge in [-0.15, -0.1) is 0 Å². The SMILES string of the molecule is NC(=O)[C@H]1CCN[C@H]1CO. The van der Waals surface area contributed by atoms with Gasteiger partial charge in [0.2, 0.25) is 5.91 Å². The molecule has 0 aliphatic carbocycles. The van der Waals surface area contributed by atoms with Gasteiger partial charge < -0.3 is 16.2 Å². The van der Waals surface area contributed by atoms with E-state index in [1.807, 2.05) is 0 Å². The Labute approximate surface area is 59.4 Å². The second-order valence-corrected chi connectivity index (χ2v) is 2.54. The minimum absolute atomic E-state index is 0.00634. The van der Waals surface area contributed by atoms with Gasteiger partial charge in [-0.1, -0.05) is 0 Å². The van der Waals surface area contributed by atoms with Crippen molar-refractivity contribution in [2.45, 2.75) is 12.5 Å². The first-order valence-electron chi connectivity index (χ1n) is 3.39. The second kappa shape index (κ2) is 2.98. The van der Waals surface area contributed by atoms with Gasteiger partial charge in [-0.2, -0.15) is 0 Å². The minimum Gasteiger partial charge on any atom is -0.395 e. The van der Waals surface area contributed by atoms with Gasteiger partial charge in [-0.3, -0.25) is 4.79 Å². The number of hydrogen-bond acceptors (Lipinski definition) is 3.